The minimum Gasteiger partial charge on any atom is -0.373 e. The number of thiophene rings is 1. The molecular formula is C14H24N2OS. The third-order valence-electron chi connectivity index (χ3n) is 3.61. The maximum Gasteiger partial charge on any atom is 0.0753 e. The van der Waals surface area contributed by atoms with Crippen LogP contribution in [0.15, 0.2) is 16.8 Å². The maximum absolute atomic E-state index is 6.35. The Balaban J connectivity index is 2.19. The summed E-state index contributed by atoms with van der Waals surface area (Å²) in [4.78, 5) is 2.49. The van der Waals surface area contributed by atoms with Crippen LogP contribution in [0, 0.1) is 0 Å². The SMILES string of the molecule is CCC(N)C(c1ccsc1)N1CCOC(C)(C)C1. The van der Waals surface area contributed by atoms with Crippen LogP contribution in [-0.2, 0) is 4.74 Å². The quantitative estimate of drug-likeness (QED) is 0.912. The molecule has 1 aliphatic rings. The van der Waals surface area contributed by atoms with Gasteiger partial charge in [-0.3, -0.25) is 4.90 Å². The van der Waals surface area contributed by atoms with Gasteiger partial charge >= 0.3 is 0 Å². The van der Waals surface area contributed by atoms with Gasteiger partial charge in [-0.2, -0.15) is 11.3 Å². The van der Waals surface area contributed by atoms with Crippen molar-refractivity contribution in [1.82, 2.24) is 4.90 Å². The van der Waals surface area contributed by atoms with Crippen LogP contribution in [0.5, 0.6) is 0 Å². The molecule has 2 unspecified atom stereocenters. The zero-order valence-electron chi connectivity index (χ0n) is 11.6. The highest BCUT2D eigenvalue weighted by atomic mass is 32.1. The summed E-state index contributed by atoms with van der Waals surface area (Å²) >= 11 is 1.75. The van der Waals surface area contributed by atoms with E-state index in [0.717, 1.165) is 26.1 Å². The number of hydrogen-bond donors (Lipinski definition) is 1. The van der Waals surface area contributed by atoms with E-state index in [4.69, 9.17) is 10.5 Å². The van der Waals surface area contributed by atoms with Gasteiger partial charge < -0.3 is 10.5 Å². The van der Waals surface area contributed by atoms with E-state index in [1.54, 1.807) is 11.3 Å². The summed E-state index contributed by atoms with van der Waals surface area (Å²) in [6.45, 7) is 9.18. The minimum atomic E-state index is -0.0695. The molecule has 1 aliphatic heterocycles. The van der Waals surface area contributed by atoms with Gasteiger partial charge in [-0.1, -0.05) is 6.92 Å². The highest BCUT2D eigenvalue weighted by Gasteiger charge is 2.34. The smallest absolute Gasteiger partial charge is 0.0753 e. The van der Waals surface area contributed by atoms with Crippen molar-refractivity contribution in [1.29, 1.82) is 0 Å². The molecule has 0 radical (unpaired) electrons. The third kappa shape index (κ3) is 3.12. The van der Waals surface area contributed by atoms with Crippen LogP contribution in [0.2, 0.25) is 0 Å². The zero-order chi connectivity index (χ0) is 13.2. The highest BCUT2D eigenvalue weighted by Crippen LogP contribution is 2.30. The molecule has 1 saturated heterocycles. The molecule has 2 heterocycles. The summed E-state index contributed by atoms with van der Waals surface area (Å²) in [6, 6.07) is 2.71. The Hall–Kier alpha value is -0.420. The lowest BCUT2D eigenvalue weighted by atomic mass is 9.96. The Morgan fingerprint density at radius 1 is 1.56 bits per heavy atom. The van der Waals surface area contributed by atoms with Crippen molar-refractivity contribution in [2.75, 3.05) is 19.7 Å². The number of rotatable bonds is 4. The van der Waals surface area contributed by atoms with Crippen molar-refractivity contribution in [2.24, 2.45) is 5.73 Å². The predicted octanol–water partition coefficient (Wildman–Crippen LogP) is 2.64. The molecule has 18 heavy (non-hydrogen) atoms. The predicted molar refractivity (Wildman–Crippen MR) is 76.9 cm³/mol. The Morgan fingerprint density at radius 3 is 2.89 bits per heavy atom. The molecular weight excluding hydrogens is 244 g/mol. The second-order valence-corrected chi connectivity index (χ2v) is 6.43. The van der Waals surface area contributed by atoms with Crippen LogP contribution < -0.4 is 5.73 Å². The first kappa shape index (κ1) is 14.0. The summed E-state index contributed by atoms with van der Waals surface area (Å²) in [6.07, 6.45) is 0.998. The molecule has 2 atom stereocenters. The molecule has 2 rings (SSSR count). The Labute approximate surface area is 114 Å². The molecule has 0 spiro atoms. The van der Waals surface area contributed by atoms with E-state index in [1.165, 1.54) is 5.56 Å². The number of nitrogens with zero attached hydrogens (tertiary/aromatic N) is 1. The zero-order valence-corrected chi connectivity index (χ0v) is 12.4. The van der Waals surface area contributed by atoms with Crippen molar-refractivity contribution in [3.8, 4) is 0 Å². The van der Waals surface area contributed by atoms with Gasteiger partial charge in [-0.25, -0.2) is 0 Å². The van der Waals surface area contributed by atoms with E-state index in [2.05, 4.69) is 42.5 Å². The van der Waals surface area contributed by atoms with E-state index < -0.39 is 0 Å². The molecule has 3 nitrogen and oxygen atoms in total. The summed E-state index contributed by atoms with van der Waals surface area (Å²) in [5, 5.41) is 4.36. The molecule has 4 heteroatoms. The van der Waals surface area contributed by atoms with E-state index in [-0.39, 0.29) is 11.6 Å². The fourth-order valence-corrected chi connectivity index (χ4v) is 3.38. The van der Waals surface area contributed by atoms with Gasteiger partial charge in [0, 0.05) is 19.1 Å². The molecule has 2 N–H and O–H groups in total. The van der Waals surface area contributed by atoms with Crippen LogP contribution in [0.4, 0.5) is 0 Å². The Morgan fingerprint density at radius 2 is 2.33 bits per heavy atom. The van der Waals surface area contributed by atoms with E-state index in [0.29, 0.717) is 6.04 Å². The molecule has 0 aliphatic carbocycles. The third-order valence-corrected chi connectivity index (χ3v) is 4.31. The van der Waals surface area contributed by atoms with Crippen molar-refractivity contribution in [2.45, 2.75) is 44.9 Å². The lowest BCUT2D eigenvalue weighted by Crippen LogP contribution is -2.52. The summed E-state index contributed by atoms with van der Waals surface area (Å²) < 4.78 is 5.80. The monoisotopic (exact) mass is 268 g/mol. The maximum atomic E-state index is 6.35. The first-order valence-electron chi connectivity index (χ1n) is 6.69. The second kappa shape index (κ2) is 5.70. The van der Waals surface area contributed by atoms with Gasteiger partial charge in [0.05, 0.1) is 18.2 Å². The summed E-state index contributed by atoms with van der Waals surface area (Å²) in [7, 11) is 0. The van der Waals surface area contributed by atoms with Crippen molar-refractivity contribution in [3.63, 3.8) is 0 Å². The fraction of sp³-hybridized carbons (Fsp3) is 0.714. The van der Waals surface area contributed by atoms with Crippen LogP contribution in [-0.4, -0.2) is 36.2 Å². The molecule has 0 saturated carbocycles. The average molecular weight is 268 g/mol. The van der Waals surface area contributed by atoms with Crippen LogP contribution in [0.3, 0.4) is 0 Å². The number of nitrogens with two attached hydrogens (primary N) is 1. The topological polar surface area (TPSA) is 38.5 Å². The lowest BCUT2D eigenvalue weighted by molar-refractivity contribution is -0.100. The van der Waals surface area contributed by atoms with Crippen molar-refractivity contribution >= 4 is 11.3 Å². The first-order valence-corrected chi connectivity index (χ1v) is 7.63. The summed E-state index contributed by atoms with van der Waals surface area (Å²) in [5.74, 6) is 0. The number of morpholine rings is 1. The normalized spacial score (nSPS) is 23.8. The molecule has 0 bridgehead atoms. The largest absolute Gasteiger partial charge is 0.373 e. The second-order valence-electron chi connectivity index (χ2n) is 5.65. The van der Waals surface area contributed by atoms with E-state index in [1.807, 2.05) is 0 Å². The van der Waals surface area contributed by atoms with E-state index >= 15 is 0 Å². The van der Waals surface area contributed by atoms with Gasteiger partial charge in [0.1, 0.15) is 0 Å². The van der Waals surface area contributed by atoms with Crippen LogP contribution >= 0.6 is 11.3 Å². The molecule has 1 aromatic rings. The first-order chi connectivity index (χ1) is 8.53. The van der Waals surface area contributed by atoms with Gasteiger partial charge in [0.2, 0.25) is 0 Å². The molecule has 0 aromatic carbocycles. The van der Waals surface area contributed by atoms with Crippen LogP contribution in [0.25, 0.3) is 0 Å². The fourth-order valence-electron chi connectivity index (χ4n) is 2.69. The number of hydrogen-bond acceptors (Lipinski definition) is 4. The van der Waals surface area contributed by atoms with Crippen molar-refractivity contribution in [3.05, 3.63) is 22.4 Å². The van der Waals surface area contributed by atoms with Gasteiger partial charge in [-0.15, -0.1) is 0 Å². The van der Waals surface area contributed by atoms with Crippen molar-refractivity contribution < 1.29 is 4.74 Å². The average Bonchev–Trinajstić information content (AvgIpc) is 2.81. The standard InChI is InChI=1S/C14H24N2OS/c1-4-12(15)13(11-5-8-18-9-11)16-6-7-17-14(2,3)10-16/h5,8-9,12-13H,4,6-7,10,15H2,1-3H3. The van der Waals surface area contributed by atoms with E-state index in [9.17, 15) is 0 Å². The van der Waals surface area contributed by atoms with Gasteiger partial charge in [0.15, 0.2) is 0 Å². The van der Waals surface area contributed by atoms with Gasteiger partial charge in [0.25, 0.3) is 0 Å². The molecule has 0 amide bonds. The molecule has 1 aromatic heterocycles. The Bertz CT molecular complexity index is 364. The van der Waals surface area contributed by atoms with Gasteiger partial charge in [-0.05, 0) is 42.7 Å². The molecule has 102 valence electrons. The lowest BCUT2D eigenvalue weighted by Gasteiger charge is -2.43. The highest BCUT2D eigenvalue weighted by molar-refractivity contribution is 7.07. The molecule has 1 fully saturated rings. The summed E-state index contributed by atoms with van der Waals surface area (Å²) in [5.41, 5.74) is 7.63. The number of ether oxygens (including phenoxy) is 1. The van der Waals surface area contributed by atoms with Crippen LogP contribution in [0.1, 0.15) is 38.8 Å². The Kier molecular flexibility index (Phi) is 4.43. The minimum absolute atomic E-state index is 0.0695.